The molecule has 0 aromatic carbocycles. The van der Waals surface area contributed by atoms with Crippen LogP contribution in [0.2, 0.25) is 0 Å². The van der Waals surface area contributed by atoms with Crippen LogP contribution in [0.15, 0.2) is 11.6 Å². The molecule has 0 bridgehead atoms. The fourth-order valence-electron chi connectivity index (χ4n) is 0.581. The zero-order chi connectivity index (χ0) is 7.40. The molecule has 0 radical (unpaired) electrons. The summed E-state index contributed by atoms with van der Waals surface area (Å²) in [7, 11) is 0. The van der Waals surface area contributed by atoms with Crippen LogP contribution in [0.3, 0.4) is 0 Å². The number of carbonyl (C=O) groups excluding carboxylic acids is 1. The SMILES string of the molecule is NCC(=O)Cc1nccs1. The Kier molecular flexibility index (Phi) is 2.53. The summed E-state index contributed by atoms with van der Waals surface area (Å²) >= 11 is 1.48. The summed E-state index contributed by atoms with van der Waals surface area (Å²) in [6.45, 7) is 0.111. The van der Waals surface area contributed by atoms with E-state index in [1.54, 1.807) is 6.20 Å². The molecule has 0 spiro atoms. The van der Waals surface area contributed by atoms with Gasteiger partial charge < -0.3 is 5.73 Å². The van der Waals surface area contributed by atoms with Gasteiger partial charge in [0, 0.05) is 11.6 Å². The van der Waals surface area contributed by atoms with E-state index in [1.807, 2.05) is 5.38 Å². The van der Waals surface area contributed by atoms with Crippen LogP contribution in [0.25, 0.3) is 0 Å². The van der Waals surface area contributed by atoms with Gasteiger partial charge in [-0.1, -0.05) is 0 Å². The smallest absolute Gasteiger partial charge is 0.153 e. The minimum Gasteiger partial charge on any atom is -0.324 e. The van der Waals surface area contributed by atoms with Gasteiger partial charge in [0.1, 0.15) is 0 Å². The molecule has 0 amide bonds. The first kappa shape index (κ1) is 7.37. The van der Waals surface area contributed by atoms with Crippen LogP contribution >= 0.6 is 11.3 Å². The number of carbonyl (C=O) groups is 1. The number of thiazole rings is 1. The molecule has 0 unspecified atom stereocenters. The number of hydrogen-bond acceptors (Lipinski definition) is 4. The van der Waals surface area contributed by atoms with Crippen LogP contribution < -0.4 is 5.73 Å². The molecule has 3 nitrogen and oxygen atoms in total. The Balaban J connectivity index is 2.48. The number of nitrogens with zero attached hydrogens (tertiary/aromatic N) is 1. The van der Waals surface area contributed by atoms with E-state index in [0.717, 1.165) is 5.01 Å². The average Bonchev–Trinajstić information content (AvgIpc) is 2.40. The van der Waals surface area contributed by atoms with Crippen molar-refractivity contribution in [1.82, 2.24) is 4.98 Å². The van der Waals surface area contributed by atoms with E-state index in [1.165, 1.54) is 11.3 Å². The van der Waals surface area contributed by atoms with Crippen LogP contribution in [0, 0.1) is 0 Å². The molecule has 4 heteroatoms. The van der Waals surface area contributed by atoms with E-state index in [4.69, 9.17) is 5.73 Å². The molecule has 10 heavy (non-hydrogen) atoms. The van der Waals surface area contributed by atoms with Gasteiger partial charge in [-0.3, -0.25) is 4.79 Å². The second-order valence-corrected chi connectivity index (χ2v) is 2.82. The van der Waals surface area contributed by atoms with Gasteiger partial charge in [-0.15, -0.1) is 11.3 Å². The van der Waals surface area contributed by atoms with Crippen molar-refractivity contribution in [3.8, 4) is 0 Å². The number of hydrogen-bond donors (Lipinski definition) is 1. The molecule has 1 rings (SSSR count). The van der Waals surface area contributed by atoms with Crippen molar-refractivity contribution in [3.63, 3.8) is 0 Å². The van der Waals surface area contributed by atoms with Gasteiger partial charge in [0.15, 0.2) is 5.78 Å². The van der Waals surface area contributed by atoms with Crippen LogP contribution in [0.5, 0.6) is 0 Å². The molecule has 0 atom stereocenters. The third kappa shape index (κ3) is 1.89. The highest BCUT2D eigenvalue weighted by Gasteiger charge is 2.01. The molecular formula is C6H8N2OS. The lowest BCUT2D eigenvalue weighted by atomic mass is 10.3. The largest absolute Gasteiger partial charge is 0.324 e. The Morgan fingerprint density at radius 3 is 3.10 bits per heavy atom. The molecule has 0 saturated carbocycles. The van der Waals surface area contributed by atoms with Crippen LogP contribution in [0.4, 0.5) is 0 Å². The monoisotopic (exact) mass is 156 g/mol. The van der Waals surface area contributed by atoms with Gasteiger partial charge in [-0.25, -0.2) is 4.98 Å². The minimum atomic E-state index is 0.0370. The molecule has 0 aliphatic heterocycles. The van der Waals surface area contributed by atoms with Crippen LogP contribution in [0.1, 0.15) is 5.01 Å². The van der Waals surface area contributed by atoms with E-state index >= 15 is 0 Å². The summed E-state index contributed by atoms with van der Waals surface area (Å²) in [5, 5.41) is 2.69. The molecule has 54 valence electrons. The minimum absolute atomic E-state index is 0.0370. The first-order chi connectivity index (χ1) is 4.83. The summed E-state index contributed by atoms with van der Waals surface area (Å²) in [5.74, 6) is 0.0370. The maximum absolute atomic E-state index is 10.7. The van der Waals surface area contributed by atoms with E-state index in [-0.39, 0.29) is 12.3 Å². The van der Waals surface area contributed by atoms with Gasteiger partial charge in [0.2, 0.25) is 0 Å². The lowest BCUT2D eigenvalue weighted by molar-refractivity contribution is -0.117. The zero-order valence-corrected chi connectivity index (χ0v) is 6.23. The van der Waals surface area contributed by atoms with Gasteiger partial charge >= 0.3 is 0 Å². The van der Waals surface area contributed by atoms with Gasteiger partial charge in [-0.05, 0) is 0 Å². The van der Waals surface area contributed by atoms with E-state index < -0.39 is 0 Å². The second-order valence-electron chi connectivity index (χ2n) is 1.85. The summed E-state index contributed by atoms with van der Waals surface area (Å²) in [6, 6.07) is 0. The lowest BCUT2D eigenvalue weighted by Crippen LogP contribution is -2.15. The molecule has 0 aliphatic rings. The van der Waals surface area contributed by atoms with E-state index in [2.05, 4.69) is 4.98 Å². The number of nitrogens with two attached hydrogens (primary N) is 1. The van der Waals surface area contributed by atoms with Crippen molar-refractivity contribution >= 4 is 17.1 Å². The second kappa shape index (κ2) is 3.43. The predicted molar refractivity (Wildman–Crippen MR) is 39.9 cm³/mol. The Bertz CT molecular complexity index is 208. The first-order valence-electron chi connectivity index (χ1n) is 2.93. The van der Waals surface area contributed by atoms with Gasteiger partial charge in [-0.2, -0.15) is 0 Å². The van der Waals surface area contributed by atoms with Crippen LogP contribution in [-0.4, -0.2) is 17.3 Å². The Hall–Kier alpha value is -0.740. The van der Waals surface area contributed by atoms with E-state index in [0.29, 0.717) is 6.42 Å². The number of rotatable bonds is 3. The van der Waals surface area contributed by atoms with Crippen molar-refractivity contribution in [3.05, 3.63) is 16.6 Å². The fraction of sp³-hybridized carbons (Fsp3) is 0.333. The molecule has 1 heterocycles. The normalized spacial score (nSPS) is 9.70. The first-order valence-corrected chi connectivity index (χ1v) is 3.81. The van der Waals surface area contributed by atoms with Crippen LogP contribution in [-0.2, 0) is 11.2 Å². The highest BCUT2D eigenvalue weighted by atomic mass is 32.1. The number of aromatic nitrogens is 1. The van der Waals surface area contributed by atoms with Crippen molar-refractivity contribution in [2.24, 2.45) is 5.73 Å². The zero-order valence-electron chi connectivity index (χ0n) is 5.41. The summed E-state index contributed by atoms with van der Waals surface area (Å²) in [5.41, 5.74) is 5.12. The standard InChI is InChI=1S/C6H8N2OS/c7-4-5(9)3-6-8-1-2-10-6/h1-2H,3-4,7H2. The van der Waals surface area contributed by atoms with Gasteiger partial charge in [0.25, 0.3) is 0 Å². The number of Topliss-reactive ketones (excluding diaryl/α,β-unsaturated/α-hetero) is 1. The molecule has 2 N–H and O–H groups in total. The van der Waals surface area contributed by atoms with Crippen molar-refractivity contribution < 1.29 is 4.79 Å². The number of ketones is 1. The average molecular weight is 156 g/mol. The highest BCUT2D eigenvalue weighted by molar-refractivity contribution is 7.09. The highest BCUT2D eigenvalue weighted by Crippen LogP contribution is 2.03. The Morgan fingerprint density at radius 2 is 2.60 bits per heavy atom. The molecule has 0 aliphatic carbocycles. The molecule has 1 aromatic heterocycles. The molecule has 0 fully saturated rings. The molecular weight excluding hydrogens is 148 g/mol. The summed E-state index contributed by atoms with van der Waals surface area (Å²) in [6.07, 6.45) is 2.07. The Labute approximate surface area is 62.9 Å². The summed E-state index contributed by atoms with van der Waals surface area (Å²) < 4.78 is 0. The van der Waals surface area contributed by atoms with Crippen molar-refractivity contribution in [2.75, 3.05) is 6.54 Å². The topological polar surface area (TPSA) is 56.0 Å². The van der Waals surface area contributed by atoms with Crippen molar-refractivity contribution in [2.45, 2.75) is 6.42 Å². The lowest BCUT2D eigenvalue weighted by Gasteiger charge is -1.89. The third-order valence-electron chi connectivity index (χ3n) is 1.06. The molecule has 1 aromatic rings. The fourth-order valence-corrected chi connectivity index (χ4v) is 1.23. The third-order valence-corrected chi connectivity index (χ3v) is 1.84. The van der Waals surface area contributed by atoms with Crippen molar-refractivity contribution in [1.29, 1.82) is 0 Å². The van der Waals surface area contributed by atoms with Gasteiger partial charge in [0.05, 0.1) is 18.0 Å². The summed E-state index contributed by atoms with van der Waals surface area (Å²) in [4.78, 5) is 14.7. The predicted octanol–water partition coefficient (Wildman–Crippen LogP) is 0.213. The quantitative estimate of drug-likeness (QED) is 0.680. The Morgan fingerprint density at radius 1 is 1.80 bits per heavy atom. The van der Waals surface area contributed by atoms with E-state index in [9.17, 15) is 4.79 Å². The maximum atomic E-state index is 10.7. The molecule has 0 saturated heterocycles. The maximum Gasteiger partial charge on any atom is 0.153 e.